The molecule has 0 spiro atoms. The van der Waals surface area contributed by atoms with Crippen LogP contribution in [0.5, 0.6) is 0 Å². The zero-order chi connectivity index (χ0) is 41.0. The van der Waals surface area contributed by atoms with Gasteiger partial charge in [0.2, 0.25) is 0 Å². The first-order chi connectivity index (χ1) is 30.1. The summed E-state index contributed by atoms with van der Waals surface area (Å²) in [5, 5.41) is 23.5. The van der Waals surface area contributed by atoms with Crippen LogP contribution in [0.2, 0.25) is 0 Å². The topological polar surface area (TPSA) is 55.8 Å². The van der Waals surface area contributed by atoms with Crippen LogP contribution in [0.15, 0.2) is 200 Å². The number of anilines is 2. The minimum atomic E-state index is -0.833. The van der Waals surface area contributed by atoms with Crippen molar-refractivity contribution in [2.75, 3.05) is 4.90 Å². The molecule has 1 aromatic heterocycles. The van der Waals surface area contributed by atoms with Gasteiger partial charge in [0.1, 0.15) is 23.3 Å². The first-order valence-electron chi connectivity index (χ1n) is 20.4. The number of aromatic nitrogens is 1. The Hall–Kier alpha value is -8.25. The van der Waals surface area contributed by atoms with E-state index in [0.717, 1.165) is 77.6 Å². The zero-order valence-electron chi connectivity index (χ0n) is 32.9. The van der Waals surface area contributed by atoms with E-state index in [2.05, 4.69) is 138 Å². The summed E-state index contributed by atoms with van der Waals surface area (Å²) in [5.41, 5.74) is 12.7. The van der Waals surface area contributed by atoms with Crippen molar-refractivity contribution in [1.29, 1.82) is 10.5 Å². The van der Waals surface area contributed by atoms with Crippen LogP contribution in [-0.2, 0) is 0 Å². The maximum absolute atomic E-state index is 17.3. The normalized spacial score (nSPS) is 15.3. The maximum atomic E-state index is 17.3. The standard InChI is InChI=1S/C56H35FN4/c57-56-48(34-58)54(60-50-25-21-40(36-13-5-1-6-14-36)29-44(50)45-30-41(22-26-51(45)60)37-15-7-2-8-16-37)33-55(49(56)35-59)61-52-27-23-42(38-17-9-3-10-18-38)31-46(52)47-32-43(24-28-53(47)61)39-19-11-4-12-20-39/h1-33,44,50H. The Balaban J connectivity index is 1.15. The Bertz CT molecular complexity index is 3240. The minimum Gasteiger partial charge on any atom is -0.332 e. The van der Waals surface area contributed by atoms with Crippen LogP contribution in [0.25, 0.3) is 66.4 Å². The van der Waals surface area contributed by atoms with E-state index in [9.17, 15) is 10.5 Å². The van der Waals surface area contributed by atoms with E-state index in [1.807, 2.05) is 83.4 Å². The van der Waals surface area contributed by atoms with Crippen molar-refractivity contribution in [3.05, 3.63) is 228 Å². The molecule has 0 radical (unpaired) electrons. The number of benzene rings is 8. The largest absolute Gasteiger partial charge is 0.332 e. The number of allylic oxidation sites excluding steroid dienone is 2. The predicted octanol–water partition coefficient (Wildman–Crippen LogP) is 13.9. The van der Waals surface area contributed by atoms with Crippen molar-refractivity contribution >= 4 is 38.8 Å². The van der Waals surface area contributed by atoms with E-state index in [1.54, 1.807) is 0 Å². The fourth-order valence-electron chi connectivity index (χ4n) is 9.42. The van der Waals surface area contributed by atoms with Crippen LogP contribution in [0.1, 0.15) is 28.2 Å². The van der Waals surface area contributed by atoms with Gasteiger partial charge in [-0.1, -0.05) is 158 Å². The fraction of sp³-hybridized carbons (Fsp3) is 0.0357. The summed E-state index contributed by atoms with van der Waals surface area (Å²) < 4.78 is 19.3. The molecule has 286 valence electrons. The smallest absolute Gasteiger partial charge is 0.162 e. The molecule has 0 fully saturated rings. The molecular weight excluding hydrogens is 748 g/mol. The van der Waals surface area contributed by atoms with E-state index in [4.69, 9.17) is 0 Å². The van der Waals surface area contributed by atoms with Crippen molar-refractivity contribution in [2.45, 2.75) is 12.0 Å². The second kappa shape index (κ2) is 14.5. The number of halogens is 1. The SMILES string of the molecule is N#Cc1c(N2c3ccc(-c4ccccc4)cc3C3C=C(c4ccccc4)C=CC32)cc(-n2c3ccc(-c4ccccc4)cc3c3cc(-c4ccccc4)ccc32)c(C#N)c1F. The van der Waals surface area contributed by atoms with Crippen LogP contribution in [0.4, 0.5) is 15.8 Å². The second-order valence-electron chi connectivity index (χ2n) is 15.6. The Morgan fingerprint density at radius 3 is 1.46 bits per heavy atom. The summed E-state index contributed by atoms with van der Waals surface area (Å²) in [7, 11) is 0. The lowest BCUT2D eigenvalue weighted by Crippen LogP contribution is -2.30. The van der Waals surface area contributed by atoms with Gasteiger partial charge in [-0.25, -0.2) is 4.39 Å². The molecule has 2 unspecified atom stereocenters. The van der Waals surface area contributed by atoms with Gasteiger partial charge in [-0.05, 0) is 92.5 Å². The molecule has 0 saturated heterocycles. The minimum absolute atomic E-state index is 0.103. The molecule has 5 heteroatoms. The summed E-state index contributed by atoms with van der Waals surface area (Å²) in [4.78, 5) is 2.10. The first kappa shape index (κ1) is 35.9. The van der Waals surface area contributed by atoms with E-state index in [0.29, 0.717) is 11.4 Å². The molecule has 2 aliphatic rings. The van der Waals surface area contributed by atoms with Crippen molar-refractivity contribution in [1.82, 2.24) is 4.57 Å². The van der Waals surface area contributed by atoms with Crippen molar-refractivity contribution in [2.24, 2.45) is 0 Å². The van der Waals surface area contributed by atoms with Gasteiger partial charge in [-0.15, -0.1) is 0 Å². The fourth-order valence-corrected chi connectivity index (χ4v) is 9.42. The van der Waals surface area contributed by atoms with Crippen molar-refractivity contribution in [3.8, 4) is 51.2 Å². The Kier molecular flexibility index (Phi) is 8.55. The molecule has 2 heterocycles. The number of hydrogen-bond donors (Lipinski definition) is 0. The highest BCUT2D eigenvalue weighted by Crippen LogP contribution is 2.52. The zero-order valence-corrected chi connectivity index (χ0v) is 32.9. The molecule has 1 aliphatic heterocycles. The van der Waals surface area contributed by atoms with Crippen LogP contribution >= 0.6 is 0 Å². The average molecular weight is 783 g/mol. The summed E-state index contributed by atoms with van der Waals surface area (Å²) >= 11 is 0. The van der Waals surface area contributed by atoms with Crippen LogP contribution < -0.4 is 4.90 Å². The highest BCUT2D eigenvalue weighted by molar-refractivity contribution is 6.12. The Labute approximate surface area is 353 Å². The molecule has 2 atom stereocenters. The summed E-state index contributed by atoms with van der Waals surface area (Å²) in [5.74, 6) is -0.936. The number of nitriles is 2. The molecule has 4 nitrogen and oxygen atoms in total. The lowest BCUT2D eigenvalue weighted by Gasteiger charge is -2.31. The van der Waals surface area contributed by atoms with Crippen LogP contribution in [0, 0.1) is 28.5 Å². The van der Waals surface area contributed by atoms with Gasteiger partial charge in [0.05, 0.1) is 28.5 Å². The van der Waals surface area contributed by atoms with Crippen molar-refractivity contribution < 1.29 is 4.39 Å². The number of hydrogen-bond acceptors (Lipinski definition) is 3. The van der Waals surface area contributed by atoms with Gasteiger partial charge in [0.15, 0.2) is 5.82 Å². The van der Waals surface area contributed by atoms with Gasteiger partial charge in [0.25, 0.3) is 0 Å². The Morgan fingerprint density at radius 1 is 0.459 bits per heavy atom. The monoisotopic (exact) mass is 782 g/mol. The number of nitrogens with zero attached hydrogens (tertiary/aromatic N) is 4. The van der Waals surface area contributed by atoms with Gasteiger partial charge in [-0.2, -0.15) is 10.5 Å². The molecule has 61 heavy (non-hydrogen) atoms. The molecule has 8 aromatic carbocycles. The van der Waals surface area contributed by atoms with Gasteiger partial charge < -0.3 is 9.47 Å². The summed E-state index contributed by atoms with van der Waals surface area (Å²) in [6.45, 7) is 0. The van der Waals surface area contributed by atoms with Gasteiger partial charge >= 0.3 is 0 Å². The number of rotatable bonds is 6. The van der Waals surface area contributed by atoms with Crippen molar-refractivity contribution in [3.63, 3.8) is 0 Å². The first-order valence-corrected chi connectivity index (χ1v) is 20.4. The van der Waals surface area contributed by atoms with Gasteiger partial charge in [0, 0.05) is 22.4 Å². The second-order valence-corrected chi connectivity index (χ2v) is 15.6. The summed E-state index contributed by atoms with van der Waals surface area (Å²) in [6, 6.07) is 66.1. The van der Waals surface area contributed by atoms with E-state index in [-0.39, 0.29) is 23.1 Å². The third-order valence-corrected chi connectivity index (χ3v) is 12.3. The highest BCUT2D eigenvalue weighted by Gasteiger charge is 2.41. The third-order valence-electron chi connectivity index (χ3n) is 12.3. The quantitative estimate of drug-likeness (QED) is 0.169. The molecular formula is C56H35FN4. The lowest BCUT2D eigenvalue weighted by atomic mass is 9.85. The predicted molar refractivity (Wildman–Crippen MR) is 245 cm³/mol. The van der Waals surface area contributed by atoms with Gasteiger partial charge in [-0.3, -0.25) is 0 Å². The highest BCUT2D eigenvalue weighted by atomic mass is 19.1. The lowest BCUT2D eigenvalue weighted by molar-refractivity contribution is 0.617. The van der Waals surface area contributed by atoms with Crippen LogP contribution in [-0.4, -0.2) is 10.6 Å². The van der Waals surface area contributed by atoms with Crippen LogP contribution in [0.3, 0.4) is 0 Å². The van der Waals surface area contributed by atoms with E-state index < -0.39 is 5.82 Å². The maximum Gasteiger partial charge on any atom is 0.162 e. The van der Waals surface area contributed by atoms with E-state index >= 15 is 4.39 Å². The molecule has 0 bridgehead atoms. The summed E-state index contributed by atoms with van der Waals surface area (Å²) in [6.07, 6.45) is 6.59. The molecule has 11 rings (SSSR count). The Morgan fingerprint density at radius 2 is 0.934 bits per heavy atom. The molecule has 0 saturated carbocycles. The molecule has 9 aromatic rings. The average Bonchev–Trinajstić information content (AvgIpc) is 3.83. The number of fused-ring (bicyclic) bond motifs is 6. The molecule has 1 aliphatic carbocycles. The molecule has 0 N–H and O–H groups in total. The molecule has 0 amide bonds. The van der Waals surface area contributed by atoms with E-state index in [1.165, 1.54) is 0 Å². The third kappa shape index (κ3) is 5.87.